The lowest BCUT2D eigenvalue weighted by Gasteiger charge is -2.10. The number of sulfonamides is 1. The van der Waals surface area contributed by atoms with E-state index in [0.29, 0.717) is 15.7 Å². The van der Waals surface area contributed by atoms with Crippen molar-refractivity contribution in [1.82, 2.24) is 0 Å². The first-order valence-electron chi connectivity index (χ1n) is 5.12. The number of hydrogen-bond donors (Lipinski definition) is 1. The van der Waals surface area contributed by atoms with Crippen LogP contribution in [0.3, 0.4) is 0 Å². The lowest BCUT2D eigenvalue weighted by Crippen LogP contribution is -2.13. The molecule has 0 atom stereocenters. The van der Waals surface area contributed by atoms with E-state index in [1.807, 2.05) is 0 Å². The number of anilines is 1. The van der Waals surface area contributed by atoms with E-state index in [0.717, 1.165) is 0 Å². The van der Waals surface area contributed by atoms with Crippen molar-refractivity contribution < 1.29 is 8.42 Å². The molecule has 0 aromatic heterocycles. The molecule has 1 N–H and O–H groups in total. The number of para-hydroxylation sites is 1. The normalized spacial score (nSPS) is 11.3. The molecular weight excluding hydrogens is 329 g/mol. The molecule has 0 fully saturated rings. The van der Waals surface area contributed by atoms with E-state index in [4.69, 9.17) is 34.8 Å². The van der Waals surface area contributed by atoms with Crippen molar-refractivity contribution in [2.45, 2.75) is 4.90 Å². The lowest BCUT2D eigenvalue weighted by molar-refractivity contribution is 0.601. The number of benzene rings is 2. The summed E-state index contributed by atoms with van der Waals surface area (Å²) in [4.78, 5) is 0.0156. The Kier molecular flexibility index (Phi) is 4.26. The summed E-state index contributed by atoms with van der Waals surface area (Å²) in [5.74, 6) is 0. The third-order valence-corrected chi connectivity index (χ3v) is 4.75. The van der Waals surface area contributed by atoms with E-state index in [9.17, 15) is 8.42 Å². The SMILES string of the molecule is O=S(=O)(Nc1ccccc1Cl)c1ccc(Cl)c(Cl)c1. The van der Waals surface area contributed by atoms with E-state index >= 15 is 0 Å². The molecule has 0 amide bonds. The Hall–Kier alpha value is -0.940. The fourth-order valence-corrected chi connectivity index (χ4v) is 3.10. The predicted octanol–water partition coefficient (Wildman–Crippen LogP) is 4.45. The summed E-state index contributed by atoms with van der Waals surface area (Å²) >= 11 is 17.5. The van der Waals surface area contributed by atoms with Gasteiger partial charge in [0.1, 0.15) is 0 Å². The van der Waals surface area contributed by atoms with Crippen LogP contribution in [0, 0.1) is 0 Å². The quantitative estimate of drug-likeness (QED) is 0.900. The Balaban J connectivity index is 2.38. The molecule has 0 unspecified atom stereocenters. The second-order valence-electron chi connectivity index (χ2n) is 3.66. The number of hydrogen-bond acceptors (Lipinski definition) is 2. The highest BCUT2D eigenvalue weighted by atomic mass is 35.5. The fraction of sp³-hybridized carbons (Fsp3) is 0. The van der Waals surface area contributed by atoms with Crippen molar-refractivity contribution in [3.63, 3.8) is 0 Å². The van der Waals surface area contributed by atoms with Gasteiger partial charge in [-0.3, -0.25) is 4.72 Å². The summed E-state index contributed by atoms with van der Waals surface area (Å²) in [5, 5.41) is 0.771. The van der Waals surface area contributed by atoms with Gasteiger partial charge in [0.05, 0.1) is 25.7 Å². The first kappa shape index (κ1) is 14.5. The molecule has 0 radical (unpaired) electrons. The van der Waals surface area contributed by atoms with Crippen molar-refractivity contribution in [2.75, 3.05) is 4.72 Å². The van der Waals surface area contributed by atoms with Crippen LogP contribution in [0.15, 0.2) is 47.4 Å². The first-order chi connectivity index (χ1) is 8.90. The number of rotatable bonds is 3. The van der Waals surface area contributed by atoms with Crippen LogP contribution < -0.4 is 4.72 Å². The van der Waals surface area contributed by atoms with Crippen LogP contribution >= 0.6 is 34.8 Å². The van der Waals surface area contributed by atoms with E-state index < -0.39 is 10.0 Å². The van der Waals surface area contributed by atoms with Gasteiger partial charge >= 0.3 is 0 Å². The van der Waals surface area contributed by atoms with Crippen molar-refractivity contribution in [2.24, 2.45) is 0 Å². The molecule has 2 rings (SSSR count). The second kappa shape index (κ2) is 5.59. The molecule has 7 heteroatoms. The molecule has 0 bridgehead atoms. The maximum Gasteiger partial charge on any atom is 0.261 e. The topological polar surface area (TPSA) is 46.2 Å². The van der Waals surface area contributed by atoms with E-state index in [1.54, 1.807) is 24.3 Å². The number of halogens is 3. The van der Waals surface area contributed by atoms with Crippen LogP contribution in [0.25, 0.3) is 0 Å². The van der Waals surface area contributed by atoms with Gasteiger partial charge in [-0.05, 0) is 30.3 Å². The minimum absolute atomic E-state index is 0.0156. The Labute approximate surface area is 126 Å². The van der Waals surface area contributed by atoms with Gasteiger partial charge in [0, 0.05) is 0 Å². The van der Waals surface area contributed by atoms with E-state index in [1.165, 1.54) is 18.2 Å². The minimum Gasteiger partial charge on any atom is -0.278 e. The summed E-state index contributed by atoms with van der Waals surface area (Å²) < 4.78 is 26.7. The predicted molar refractivity (Wildman–Crippen MR) is 78.7 cm³/mol. The Bertz CT molecular complexity index is 717. The summed E-state index contributed by atoms with van der Waals surface area (Å²) in [6.07, 6.45) is 0. The zero-order chi connectivity index (χ0) is 14.0. The van der Waals surface area contributed by atoms with Crippen LogP contribution in [0.5, 0.6) is 0 Å². The Morgan fingerprint density at radius 1 is 0.842 bits per heavy atom. The van der Waals surface area contributed by atoms with Crippen molar-refractivity contribution >= 4 is 50.5 Å². The smallest absolute Gasteiger partial charge is 0.261 e. The molecule has 19 heavy (non-hydrogen) atoms. The Morgan fingerprint density at radius 3 is 2.16 bits per heavy atom. The van der Waals surface area contributed by atoms with Crippen LogP contribution in [-0.2, 0) is 10.0 Å². The average molecular weight is 337 g/mol. The monoisotopic (exact) mass is 335 g/mol. The van der Waals surface area contributed by atoms with Gasteiger partial charge in [0.2, 0.25) is 0 Å². The molecule has 0 aliphatic heterocycles. The molecule has 0 heterocycles. The van der Waals surface area contributed by atoms with Crippen LogP contribution in [0.4, 0.5) is 5.69 Å². The molecule has 3 nitrogen and oxygen atoms in total. The Morgan fingerprint density at radius 2 is 1.53 bits per heavy atom. The van der Waals surface area contributed by atoms with Gasteiger partial charge in [-0.1, -0.05) is 46.9 Å². The summed E-state index contributed by atoms with van der Waals surface area (Å²) in [7, 11) is -3.75. The molecule has 0 aliphatic rings. The highest BCUT2D eigenvalue weighted by Crippen LogP contribution is 2.27. The zero-order valence-corrected chi connectivity index (χ0v) is 12.5. The van der Waals surface area contributed by atoms with Gasteiger partial charge in [-0.2, -0.15) is 0 Å². The molecule has 2 aromatic carbocycles. The van der Waals surface area contributed by atoms with Crippen molar-refractivity contribution in [3.05, 3.63) is 57.5 Å². The second-order valence-corrected chi connectivity index (χ2v) is 6.57. The van der Waals surface area contributed by atoms with Crippen LogP contribution in [-0.4, -0.2) is 8.42 Å². The molecule has 100 valence electrons. The third-order valence-electron chi connectivity index (χ3n) is 2.32. The largest absolute Gasteiger partial charge is 0.278 e. The van der Waals surface area contributed by atoms with Gasteiger partial charge in [-0.15, -0.1) is 0 Å². The van der Waals surface area contributed by atoms with Crippen LogP contribution in [0.1, 0.15) is 0 Å². The molecule has 2 aromatic rings. The standard InChI is InChI=1S/C12H8Cl3NO2S/c13-9-6-5-8(7-11(9)15)19(17,18)16-12-4-2-1-3-10(12)14/h1-7,16H. The first-order valence-corrected chi connectivity index (χ1v) is 7.74. The van der Waals surface area contributed by atoms with Crippen molar-refractivity contribution in [1.29, 1.82) is 0 Å². The van der Waals surface area contributed by atoms with E-state index in [-0.39, 0.29) is 9.92 Å². The minimum atomic E-state index is -3.75. The highest BCUT2D eigenvalue weighted by Gasteiger charge is 2.16. The molecule has 0 aliphatic carbocycles. The van der Waals surface area contributed by atoms with Gasteiger partial charge in [0.15, 0.2) is 0 Å². The molecule has 0 saturated heterocycles. The fourth-order valence-electron chi connectivity index (χ4n) is 1.39. The average Bonchev–Trinajstić information content (AvgIpc) is 2.35. The molecule has 0 saturated carbocycles. The van der Waals surface area contributed by atoms with Gasteiger partial charge in [0.25, 0.3) is 10.0 Å². The summed E-state index contributed by atoms with van der Waals surface area (Å²) in [6, 6.07) is 10.6. The highest BCUT2D eigenvalue weighted by molar-refractivity contribution is 7.92. The lowest BCUT2D eigenvalue weighted by atomic mass is 10.3. The summed E-state index contributed by atoms with van der Waals surface area (Å²) in [6.45, 7) is 0. The molecular formula is C12H8Cl3NO2S. The maximum absolute atomic E-state index is 12.1. The van der Waals surface area contributed by atoms with Crippen molar-refractivity contribution in [3.8, 4) is 0 Å². The van der Waals surface area contributed by atoms with Gasteiger partial charge in [-0.25, -0.2) is 8.42 Å². The third kappa shape index (κ3) is 3.34. The number of nitrogens with one attached hydrogen (secondary N) is 1. The molecule has 0 spiro atoms. The summed E-state index contributed by atoms with van der Waals surface area (Å²) in [5.41, 5.74) is 0.301. The maximum atomic E-state index is 12.1. The van der Waals surface area contributed by atoms with Gasteiger partial charge < -0.3 is 0 Å². The zero-order valence-electron chi connectivity index (χ0n) is 9.40. The van der Waals surface area contributed by atoms with Crippen LogP contribution in [0.2, 0.25) is 15.1 Å². The van der Waals surface area contributed by atoms with E-state index in [2.05, 4.69) is 4.72 Å².